The van der Waals surface area contributed by atoms with E-state index in [9.17, 15) is 9.59 Å². The molecule has 11 heteroatoms. The van der Waals surface area contributed by atoms with Crippen LogP contribution in [0.4, 0.5) is 5.69 Å². The molecule has 0 saturated carbocycles. The number of carbonyl (C=O) groups is 2. The number of carbonyl (C=O) groups excluding carboxylic acids is 2. The average molecular weight is 444 g/mol. The summed E-state index contributed by atoms with van der Waals surface area (Å²) < 4.78 is 16.0. The van der Waals surface area contributed by atoms with E-state index in [0.717, 1.165) is 5.01 Å². The molecule has 3 heterocycles. The molecule has 2 aromatic carbocycles. The lowest BCUT2D eigenvalue weighted by Gasteiger charge is -2.21. The average Bonchev–Trinajstić information content (AvgIpc) is 3.50. The second kappa shape index (κ2) is 8.43. The van der Waals surface area contributed by atoms with Gasteiger partial charge in [0.1, 0.15) is 12.3 Å². The predicted molar refractivity (Wildman–Crippen MR) is 113 cm³/mol. The van der Waals surface area contributed by atoms with E-state index in [2.05, 4.69) is 20.6 Å². The Kier molecular flexibility index (Phi) is 5.16. The molecule has 0 fully saturated rings. The normalized spacial score (nSPS) is 14.6. The Hall–Kier alpha value is -4.72. The first-order chi connectivity index (χ1) is 16.1. The summed E-state index contributed by atoms with van der Waals surface area (Å²) in [6.07, 6.45) is 0.472. The number of fused-ring (bicyclic) bond motifs is 1. The minimum Gasteiger partial charge on any atom is -0.454 e. The van der Waals surface area contributed by atoms with E-state index in [-0.39, 0.29) is 31.6 Å². The van der Waals surface area contributed by atoms with Crippen LogP contribution in [0.15, 0.2) is 52.1 Å². The monoisotopic (exact) mass is 444 g/mol. The number of amides is 2. The summed E-state index contributed by atoms with van der Waals surface area (Å²) in [5, 5.41) is 20.9. The number of ether oxygens (including phenoxy) is 2. The van der Waals surface area contributed by atoms with E-state index in [1.54, 1.807) is 42.5 Å². The molecule has 5 rings (SSSR count). The van der Waals surface area contributed by atoms with Gasteiger partial charge >= 0.3 is 0 Å². The van der Waals surface area contributed by atoms with E-state index in [1.807, 2.05) is 6.07 Å². The van der Waals surface area contributed by atoms with E-state index in [0.29, 0.717) is 46.3 Å². The molecule has 2 aliphatic heterocycles. The molecule has 0 unspecified atom stereocenters. The van der Waals surface area contributed by atoms with Crippen molar-refractivity contribution in [3.8, 4) is 29.0 Å². The molecule has 164 valence electrons. The summed E-state index contributed by atoms with van der Waals surface area (Å²) in [5.41, 5.74) is 2.09. The number of aromatic nitrogens is 2. The van der Waals surface area contributed by atoms with Crippen molar-refractivity contribution < 1.29 is 23.6 Å². The molecule has 33 heavy (non-hydrogen) atoms. The highest BCUT2D eigenvalue weighted by molar-refractivity contribution is 6.02. The third-order valence-corrected chi connectivity index (χ3v) is 5.00. The van der Waals surface area contributed by atoms with Gasteiger partial charge in [-0.25, -0.2) is 5.01 Å². The Bertz CT molecular complexity index is 1310. The third-order valence-electron chi connectivity index (χ3n) is 5.00. The number of nitrogens with zero attached hydrogens (tertiary/aromatic N) is 5. The van der Waals surface area contributed by atoms with Gasteiger partial charge in [-0.15, -0.1) is 0 Å². The fourth-order valence-corrected chi connectivity index (χ4v) is 3.34. The van der Waals surface area contributed by atoms with Crippen LogP contribution in [0.25, 0.3) is 11.4 Å². The first-order valence-corrected chi connectivity index (χ1v) is 10.0. The van der Waals surface area contributed by atoms with Crippen LogP contribution in [0.3, 0.4) is 0 Å². The first-order valence-electron chi connectivity index (χ1n) is 10.0. The van der Waals surface area contributed by atoms with Gasteiger partial charge in [-0.1, -0.05) is 5.16 Å². The molecule has 11 nitrogen and oxygen atoms in total. The smallest absolute Gasteiger partial charge is 0.274 e. The summed E-state index contributed by atoms with van der Waals surface area (Å²) >= 11 is 0. The lowest BCUT2D eigenvalue weighted by atomic mass is 10.1. The van der Waals surface area contributed by atoms with Gasteiger partial charge in [-0.05, 0) is 42.5 Å². The van der Waals surface area contributed by atoms with E-state index < -0.39 is 5.91 Å². The van der Waals surface area contributed by atoms with Crippen LogP contribution < -0.4 is 14.8 Å². The van der Waals surface area contributed by atoms with Crippen molar-refractivity contribution in [3.63, 3.8) is 0 Å². The van der Waals surface area contributed by atoms with Crippen LogP contribution in [0.5, 0.6) is 11.5 Å². The third kappa shape index (κ3) is 4.22. The summed E-state index contributed by atoms with van der Waals surface area (Å²) in [6, 6.07) is 13.7. The van der Waals surface area contributed by atoms with Gasteiger partial charge in [0, 0.05) is 24.1 Å². The number of hydrazone groups is 1. The molecule has 1 aromatic heterocycles. The number of rotatable bonds is 5. The fourth-order valence-electron chi connectivity index (χ4n) is 3.34. The maximum Gasteiger partial charge on any atom is 0.274 e. The summed E-state index contributed by atoms with van der Waals surface area (Å²) in [5.74, 6) is 1.04. The van der Waals surface area contributed by atoms with E-state index in [1.165, 1.54) is 0 Å². The van der Waals surface area contributed by atoms with Crippen molar-refractivity contribution in [1.82, 2.24) is 15.1 Å². The standard InChI is InChI=1S/C22H16N6O5/c23-10-13-1-4-15(5-2-13)24-19(29)11-28-20(30)8-6-16(26-28)22-25-21(27-33-22)14-3-7-17-18(9-14)32-12-31-17/h1-5,7,9H,6,8,11-12H2,(H,24,29). The quantitative estimate of drug-likeness (QED) is 0.631. The number of nitrogens with one attached hydrogen (secondary N) is 1. The van der Waals surface area contributed by atoms with Gasteiger partial charge in [0.15, 0.2) is 11.5 Å². The predicted octanol–water partition coefficient (Wildman–Crippen LogP) is 2.30. The number of hydrogen-bond acceptors (Lipinski definition) is 9. The molecular weight excluding hydrogens is 428 g/mol. The Morgan fingerprint density at radius 2 is 1.94 bits per heavy atom. The topological polar surface area (TPSA) is 143 Å². The Labute approximate surface area is 187 Å². The van der Waals surface area contributed by atoms with Crippen molar-refractivity contribution in [3.05, 3.63) is 53.9 Å². The molecule has 2 aliphatic rings. The maximum atomic E-state index is 12.4. The Balaban J connectivity index is 1.29. The van der Waals surface area contributed by atoms with Gasteiger partial charge < -0.3 is 19.3 Å². The lowest BCUT2D eigenvalue weighted by molar-refractivity contribution is -0.135. The molecular formula is C22H16N6O5. The molecule has 0 bridgehead atoms. The van der Waals surface area contributed by atoms with Crippen molar-refractivity contribution in [2.75, 3.05) is 18.7 Å². The highest BCUT2D eigenvalue weighted by Crippen LogP contribution is 2.35. The minimum atomic E-state index is -0.426. The molecule has 1 N–H and O–H groups in total. The zero-order valence-electron chi connectivity index (χ0n) is 17.1. The maximum absolute atomic E-state index is 12.4. The first kappa shape index (κ1) is 20.2. The minimum absolute atomic E-state index is 0.157. The van der Waals surface area contributed by atoms with Gasteiger partial charge in [0.25, 0.3) is 5.89 Å². The number of anilines is 1. The van der Waals surface area contributed by atoms with E-state index in [4.69, 9.17) is 19.3 Å². The second-order valence-corrected chi connectivity index (χ2v) is 7.23. The SMILES string of the molecule is N#Cc1ccc(NC(=O)CN2N=C(c3nc(-c4ccc5c(c4)OCO5)no3)CCC2=O)cc1. The molecule has 0 atom stereocenters. The largest absolute Gasteiger partial charge is 0.454 e. The van der Waals surface area contributed by atoms with Crippen LogP contribution in [0.2, 0.25) is 0 Å². The van der Waals surface area contributed by atoms with Crippen molar-refractivity contribution in [2.24, 2.45) is 5.10 Å². The van der Waals surface area contributed by atoms with Crippen LogP contribution >= 0.6 is 0 Å². The zero-order chi connectivity index (χ0) is 22.8. The van der Waals surface area contributed by atoms with Crippen molar-refractivity contribution in [1.29, 1.82) is 5.26 Å². The zero-order valence-corrected chi connectivity index (χ0v) is 17.1. The van der Waals surface area contributed by atoms with Crippen LogP contribution in [-0.4, -0.2) is 46.0 Å². The van der Waals surface area contributed by atoms with Crippen LogP contribution in [0, 0.1) is 11.3 Å². The number of hydrogen-bond donors (Lipinski definition) is 1. The van der Waals surface area contributed by atoms with Crippen LogP contribution in [0.1, 0.15) is 24.3 Å². The number of benzene rings is 2. The summed E-state index contributed by atoms with van der Waals surface area (Å²) in [4.78, 5) is 29.1. The Morgan fingerprint density at radius 1 is 1.12 bits per heavy atom. The molecule has 2 amide bonds. The molecule has 0 radical (unpaired) electrons. The fraction of sp³-hybridized carbons (Fsp3) is 0.182. The van der Waals surface area contributed by atoms with Crippen molar-refractivity contribution >= 4 is 23.2 Å². The van der Waals surface area contributed by atoms with Crippen molar-refractivity contribution in [2.45, 2.75) is 12.8 Å². The number of nitriles is 1. The van der Waals surface area contributed by atoms with Crippen LogP contribution in [-0.2, 0) is 9.59 Å². The van der Waals surface area contributed by atoms with Gasteiger partial charge in [-0.2, -0.15) is 15.3 Å². The highest BCUT2D eigenvalue weighted by Gasteiger charge is 2.27. The van der Waals surface area contributed by atoms with Gasteiger partial charge in [0.2, 0.25) is 24.4 Å². The summed E-state index contributed by atoms with van der Waals surface area (Å²) in [7, 11) is 0. The van der Waals surface area contributed by atoms with Gasteiger partial charge in [0.05, 0.1) is 11.6 Å². The molecule has 0 saturated heterocycles. The molecule has 3 aromatic rings. The molecule has 0 aliphatic carbocycles. The van der Waals surface area contributed by atoms with Gasteiger partial charge in [-0.3, -0.25) is 9.59 Å². The summed E-state index contributed by atoms with van der Waals surface area (Å²) in [6.45, 7) is -0.110. The Morgan fingerprint density at radius 3 is 2.76 bits per heavy atom. The second-order valence-electron chi connectivity index (χ2n) is 7.23. The van der Waals surface area contributed by atoms with E-state index >= 15 is 0 Å². The highest BCUT2D eigenvalue weighted by atomic mass is 16.7. The lowest BCUT2D eigenvalue weighted by Crippen LogP contribution is -2.38. The molecule has 0 spiro atoms.